The number of hydrogen-bond donors (Lipinski definition) is 0. The van der Waals surface area contributed by atoms with Gasteiger partial charge in [0.05, 0.1) is 6.54 Å². The molecule has 3 aromatic carbocycles. The molecule has 1 unspecified atom stereocenters. The summed E-state index contributed by atoms with van der Waals surface area (Å²) < 4.78 is 6.09. The van der Waals surface area contributed by atoms with E-state index in [0.717, 1.165) is 18.7 Å². The van der Waals surface area contributed by atoms with Crippen molar-refractivity contribution >= 4 is 5.69 Å². The molecule has 1 aliphatic heterocycles. The fourth-order valence-corrected chi connectivity index (χ4v) is 4.50. The van der Waals surface area contributed by atoms with Crippen molar-refractivity contribution < 1.29 is 4.74 Å². The van der Waals surface area contributed by atoms with Gasteiger partial charge in [0.25, 0.3) is 0 Å². The second-order valence-corrected chi connectivity index (χ2v) is 8.37. The highest BCUT2D eigenvalue weighted by molar-refractivity contribution is 5.64. The van der Waals surface area contributed by atoms with Crippen LogP contribution in [0, 0.1) is 0 Å². The van der Waals surface area contributed by atoms with E-state index in [-0.39, 0.29) is 5.54 Å². The van der Waals surface area contributed by atoms with Crippen molar-refractivity contribution in [3.63, 3.8) is 0 Å². The molecule has 0 saturated carbocycles. The summed E-state index contributed by atoms with van der Waals surface area (Å²) in [6.07, 6.45) is 1.16. The van der Waals surface area contributed by atoms with Crippen LogP contribution in [0.5, 0.6) is 5.75 Å². The Hall–Kier alpha value is -2.74. The number of anilines is 1. The molecule has 0 aromatic heterocycles. The van der Waals surface area contributed by atoms with Crippen molar-refractivity contribution in [2.75, 3.05) is 18.1 Å². The maximum atomic E-state index is 6.09. The monoisotopic (exact) mass is 371 g/mol. The van der Waals surface area contributed by atoms with E-state index in [2.05, 4.69) is 98.5 Å². The summed E-state index contributed by atoms with van der Waals surface area (Å²) in [5.41, 5.74) is 5.39. The fraction of sp³-hybridized carbons (Fsp3) is 0.308. The number of fused-ring (bicyclic) bond motifs is 1. The summed E-state index contributed by atoms with van der Waals surface area (Å²) in [5, 5.41) is 0. The van der Waals surface area contributed by atoms with Gasteiger partial charge in [-0.3, -0.25) is 0 Å². The number of benzene rings is 3. The first-order valence-corrected chi connectivity index (χ1v) is 10.2. The van der Waals surface area contributed by atoms with Gasteiger partial charge in [0.2, 0.25) is 0 Å². The van der Waals surface area contributed by atoms with Crippen LogP contribution in [0.25, 0.3) is 11.1 Å². The molecular weight excluding hydrogens is 342 g/mol. The Morgan fingerprint density at radius 2 is 1.50 bits per heavy atom. The van der Waals surface area contributed by atoms with Crippen molar-refractivity contribution in [1.29, 1.82) is 0 Å². The standard InChI is InChI=1S/C26H29NO/c1-20-19-26(2,3)27(25-12-8-7-11-24(20)25)17-18-28-23-15-13-22(14-16-23)21-9-5-4-6-10-21/h4-16,20H,17-19H2,1-3H3. The first-order chi connectivity index (χ1) is 13.5. The van der Waals surface area contributed by atoms with Crippen molar-refractivity contribution in [2.45, 2.75) is 38.6 Å². The third-order valence-corrected chi connectivity index (χ3v) is 5.84. The van der Waals surface area contributed by atoms with Crippen molar-refractivity contribution in [3.8, 4) is 16.9 Å². The molecule has 3 aromatic rings. The molecule has 0 amide bonds. The third kappa shape index (κ3) is 3.77. The maximum absolute atomic E-state index is 6.09. The highest BCUT2D eigenvalue weighted by atomic mass is 16.5. The van der Waals surface area contributed by atoms with Gasteiger partial charge in [-0.05, 0) is 61.1 Å². The Kier molecular flexibility index (Phi) is 5.13. The number of hydrogen-bond acceptors (Lipinski definition) is 2. The molecule has 4 rings (SSSR count). The summed E-state index contributed by atoms with van der Waals surface area (Å²) in [5.74, 6) is 1.52. The van der Waals surface area contributed by atoms with Crippen LogP contribution in [-0.4, -0.2) is 18.7 Å². The SMILES string of the molecule is CC1CC(C)(C)N(CCOc2ccc(-c3ccccc3)cc2)c2ccccc21. The van der Waals surface area contributed by atoms with Crippen molar-refractivity contribution in [3.05, 3.63) is 84.4 Å². The van der Waals surface area contributed by atoms with E-state index >= 15 is 0 Å². The Bertz CT molecular complexity index is 915. The summed E-state index contributed by atoms with van der Waals surface area (Å²) >= 11 is 0. The highest BCUT2D eigenvalue weighted by Crippen LogP contribution is 2.42. The molecule has 0 spiro atoms. The van der Waals surface area contributed by atoms with E-state index in [1.165, 1.54) is 22.4 Å². The lowest BCUT2D eigenvalue weighted by molar-refractivity contribution is 0.294. The largest absolute Gasteiger partial charge is 0.492 e. The van der Waals surface area contributed by atoms with Gasteiger partial charge < -0.3 is 9.64 Å². The lowest BCUT2D eigenvalue weighted by Crippen LogP contribution is -2.50. The van der Waals surface area contributed by atoms with E-state index in [4.69, 9.17) is 4.74 Å². The molecule has 1 atom stereocenters. The normalized spacial score (nSPS) is 17.8. The van der Waals surface area contributed by atoms with Crippen LogP contribution >= 0.6 is 0 Å². The zero-order chi connectivity index (χ0) is 19.6. The molecule has 1 aliphatic rings. The summed E-state index contributed by atoms with van der Waals surface area (Å²) in [6, 6.07) is 27.7. The lowest BCUT2D eigenvalue weighted by atomic mass is 9.80. The molecule has 0 fully saturated rings. The van der Waals surface area contributed by atoms with E-state index in [0.29, 0.717) is 12.5 Å². The average molecular weight is 372 g/mol. The molecule has 1 heterocycles. The van der Waals surface area contributed by atoms with Crippen LogP contribution < -0.4 is 9.64 Å². The maximum Gasteiger partial charge on any atom is 0.119 e. The Labute approximate surface area is 168 Å². The van der Waals surface area contributed by atoms with Gasteiger partial charge in [-0.15, -0.1) is 0 Å². The van der Waals surface area contributed by atoms with Gasteiger partial charge in [-0.2, -0.15) is 0 Å². The Morgan fingerprint density at radius 1 is 0.857 bits per heavy atom. The van der Waals surface area contributed by atoms with Crippen molar-refractivity contribution in [1.82, 2.24) is 0 Å². The smallest absolute Gasteiger partial charge is 0.119 e. The minimum absolute atomic E-state index is 0.133. The van der Waals surface area contributed by atoms with E-state index in [9.17, 15) is 0 Å². The number of nitrogens with zero attached hydrogens (tertiary/aromatic N) is 1. The molecule has 0 radical (unpaired) electrons. The zero-order valence-corrected chi connectivity index (χ0v) is 17.1. The first-order valence-electron chi connectivity index (χ1n) is 10.2. The summed E-state index contributed by atoms with van der Waals surface area (Å²) in [7, 11) is 0. The van der Waals surface area contributed by atoms with Gasteiger partial charge in [0.1, 0.15) is 12.4 Å². The van der Waals surface area contributed by atoms with E-state index in [1.54, 1.807) is 0 Å². The molecular formula is C26H29NO. The Balaban J connectivity index is 1.43. The van der Waals surface area contributed by atoms with Crippen LogP contribution in [0.4, 0.5) is 5.69 Å². The molecule has 144 valence electrons. The summed E-state index contributed by atoms with van der Waals surface area (Å²) in [4.78, 5) is 2.51. The fourth-order valence-electron chi connectivity index (χ4n) is 4.50. The predicted molar refractivity (Wildman–Crippen MR) is 118 cm³/mol. The molecule has 0 bridgehead atoms. The predicted octanol–water partition coefficient (Wildman–Crippen LogP) is 6.52. The van der Waals surface area contributed by atoms with Gasteiger partial charge in [0.15, 0.2) is 0 Å². The number of para-hydroxylation sites is 1. The minimum atomic E-state index is 0.133. The van der Waals surface area contributed by atoms with Crippen molar-refractivity contribution in [2.24, 2.45) is 0 Å². The van der Waals surface area contributed by atoms with Gasteiger partial charge in [-0.25, -0.2) is 0 Å². The van der Waals surface area contributed by atoms with Crippen LogP contribution in [0.15, 0.2) is 78.9 Å². The van der Waals surface area contributed by atoms with Crippen LogP contribution in [-0.2, 0) is 0 Å². The Morgan fingerprint density at radius 3 is 2.25 bits per heavy atom. The van der Waals surface area contributed by atoms with Gasteiger partial charge >= 0.3 is 0 Å². The minimum Gasteiger partial charge on any atom is -0.492 e. The van der Waals surface area contributed by atoms with Gasteiger partial charge in [-0.1, -0.05) is 67.6 Å². The number of rotatable bonds is 5. The second-order valence-electron chi connectivity index (χ2n) is 8.37. The zero-order valence-electron chi connectivity index (χ0n) is 17.1. The quantitative estimate of drug-likeness (QED) is 0.506. The summed E-state index contributed by atoms with van der Waals surface area (Å²) in [6.45, 7) is 8.58. The van der Waals surface area contributed by atoms with E-state index in [1.807, 2.05) is 6.07 Å². The van der Waals surface area contributed by atoms with Crippen LogP contribution in [0.2, 0.25) is 0 Å². The third-order valence-electron chi connectivity index (χ3n) is 5.84. The molecule has 28 heavy (non-hydrogen) atoms. The first kappa shape index (κ1) is 18.6. The molecule has 2 heteroatoms. The molecule has 0 N–H and O–H groups in total. The van der Waals surface area contributed by atoms with Gasteiger partial charge in [0, 0.05) is 11.2 Å². The lowest BCUT2D eigenvalue weighted by Gasteiger charge is -2.47. The van der Waals surface area contributed by atoms with E-state index < -0.39 is 0 Å². The number of ether oxygens (including phenoxy) is 1. The van der Waals surface area contributed by atoms with Crippen LogP contribution in [0.1, 0.15) is 38.7 Å². The molecule has 2 nitrogen and oxygen atoms in total. The highest BCUT2D eigenvalue weighted by Gasteiger charge is 2.35. The molecule has 0 saturated heterocycles. The topological polar surface area (TPSA) is 12.5 Å². The average Bonchev–Trinajstić information content (AvgIpc) is 2.71. The molecule has 0 aliphatic carbocycles. The second kappa shape index (κ2) is 7.71. The van der Waals surface area contributed by atoms with Crippen LogP contribution in [0.3, 0.4) is 0 Å².